The van der Waals surface area contributed by atoms with Gasteiger partial charge in [0.2, 0.25) is 0 Å². The van der Waals surface area contributed by atoms with Crippen LogP contribution >= 0.6 is 0 Å². The molecule has 4 nitrogen and oxygen atoms in total. The van der Waals surface area contributed by atoms with Crippen LogP contribution in [-0.2, 0) is 16.7 Å². The molecule has 0 radical (unpaired) electrons. The normalized spacial score (nSPS) is 11.8. The van der Waals surface area contributed by atoms with Gasteiger partial charge >= 0.3 is 5.51 Å². The van der Waals surface area contributed by atoms with Gasteiger partial charge < -0.3 is 4.55 Å². The average Bonchev–Trinajstić information content (AvgIpc) is 2.45. The predicted octanol–water partition coefficient (Wildman–Crippen LogP) is 4.08. The molecule has 0 bridgehead atoms. The van der Waals surface area contributed by atoms with E-state index in [-0.39, 0.29) is 0 Å². The van der Waals surface area contributed by atoms with Crippen molar-refractivity contribution < 1.29 is 30.7 Å². The monoisotopic (exact) mass is 369 g/mol. The van der Waals surface area contributed by atoms with E-state index in [9.17, 15) is 13.2 Å². The minimum Gasteiger partial charge on any atom is -0.741 e. The van der Waals surface area contributed by atoms with Crippen molar-refractivity contribution in [1.82, 2.24) is 0 Å². The maximum atomic E-state index is 10.7. The first kappa shape index (κ1) is 22.9. The Morgan fingerprint density at radius 1 is 1.08 bits per heavy atom. The molecular weight excluding hydrogens is 343 g/mol. The highest BCUT2D eigenvalue weighted by Crippen LogP contribution is 2.20. The Morgan fingerprint density at radius 3 is 2.04 bits per heavy atom. The summed E-state index contributed by atoms with van der Waals surface area (Å²) in [6.45, 7) is 5.60. The number of rotatable bonds is 8. The van der Waals surface area contributed by atoms with E-state index in [0.717, 1.165) is 0 Å². The highest BCUT2D eigenvalue weighted by Gasteiger charge is 2.36. The van der Waals surface area contributed by atoms with Crippen molar-refractivity contribution in [2.45, 2.75) is 70.8 Å². The van der Waals surface area contributed by atoms with Gasteiger partial charge in [0.1, 0.15) is 6.54 Å². The van der Waals surface area contributed by atoms with E-state index in [0.29, 0.717) is 0 Å². The Hall–Kier alpha value is -1.15. The topological polar surface area (TPSA) is 61.1 Å². The third kappa shape index (κ3) is 11.4. The molecule has 8 heteroatoms. The van der Waals surface area contributed by atoms with Gasteiger partial charge in [-0.25, -0.2) is 13.0 Å². The first-order valence-electron chi connectivity index (χ1n) is 8.05. The number of alkyl halides is 3. The zero-order valence-electron chi connectivity index (χ0n) is 14.2. The fourth-order valence-corrected chi connectivity index (χ4v) is 2.04. The summed E-state index contributed by atoms with van der Waals surface area (Å²) in [7, 11) is -6.09. The molecule has 0 aliphatic rings. The van der Waals surface area contributed by atoms with Crippen LogP contribution in [-0.4, -0.2) is 18.5 Å². The predicted molar refractivity (Wildman–Crippen MR) is 85.1 cm³/mol. The lowest BCUT2D eigenvalue weighted by Gasteiger charge is -2.08. The third-order valence-corrected chi connectivity index (χ3v) is 3.88. The molecule has 0 amide bonds. The van der Waals surface area contributed by atoms with Crippen LogP contribution in [0.2, 0.25) is 0 Å². The summed E-state index contributed by atoms with van der Waals surface area (Å²) in [6.07, 6.45) is 14.1. The van der Waals surface area contributed by atoms with Gasteiger partial charge in [-0.2, -0.15) is 13.2 Å². The Labute approximate surface area is 142 Å². The lowest BCUT2D eigenvalue weighted by molar-refractivity contribution is -0.697. The number of aromatic nitrogens is 1. The number of halogens is 3. The number of pyridine rings is 1. The Balaban J connectivity index is 0.000000561. The van der Waals surface area contributed by atoms with E-state index < -0.39 is 15.6 Å². The zero-order chi connectivity index (χ0) is 18.6. The molecule has 0 saturated heterocycles. The second kappa shape index (κ2) is 11.4. The van der Waals surface area contributed by atoms with E-state index in [4.69, 9.17) is 13.0 Å². The van der Waals surface area contributed by atoms with E-state index in [1.165, 1.54) is 57.1 Å². The van der Waals surface area contributed by atoms with Crippen LogP contribution in [0.5, 0.6) is 0 Å². The van der Waals surface area contributed by atoms with Crippen LogP contribution in [0.3, 0.4) is 0 Å². The molecule has 1 rings (SSSR count). The summed E-state index contributed by atoms with van der Waals surface area (Å²) in [5.41, 5.74) is -4.29. The van der Waals surface area contributed by atoms with Crippen LogP contribution in [0.4, 0.5) is 13.2 Å². The summed E-state index contributed by atoms with van der Waals surface area (Å²) in [4.78, 5) is 0. The zero-order valence-corrected chi connectivity index (χ0v) is 15.0. The summed E-state index contributed by atoms with van der Waals surface area (Å²) in [6, 6.07) is 4.29. The smallest absolute Gasteiger partial charge is 0.485 e. The maximum absolute atomic E-state index is 10.7. The number of hydrogen-bond donors (Lipinski definition) is 0. The summed E-state index contributed by atoms with van der Waals surface area (Å²) < 4.78 is 61.2. The number of hydrogen-bond acceptors (Lipinski definition) is 3. The van der Waals surface area contributed by atoms with Gasteiger partial charge in [0.05, 0.1) is 0 Å². The van der Waals surface area contributed by atoms with Gasteiger partial charge in [-0.3, -0.25) is 0 Å². The van der Waals surface area contributed by atoms with Crippen molar-refractivity contribution in [3.05, 3.63) is 30.1 Å². The highest BCUT2D eigenvalue weighted by molar-refractivity contribution is 7.86. The second-order valence-corrected chi connectivity index (χ2v) is 7.01. The molecule has 0 unspecified atom stereocenters. The molecule has 0 aromatic carbocycles. The highest BCUT2D eigenvalue weighted by atomic mass is 32.2. The second-order valence-electron chi connectivity index (χ2n) is 5.64. The van der Waals surface area contributed by atoms with Crippen molar-refractivity contribution in [2.75, 3.05) is 0 Å². The Bertz CT molecular complexity index is 560. The molecule has 0 fully saturated rings. The molecular formula is C16H26F3NO3S. The van der Waals surface area contributed by atoms with Crippen molar-refractivity contribution in [2.24, 2.45) is 0 Å². The molecule has 0 aliphatic carbocycles. The first-order chi connectivity index (χ1) is 11.1. The van der Waals surface area contributed by atoms with Crippen molar-refractivity contribution >= 4 is 10.1 Å². The number of unbranched alkanes of at least 4 members (excludes halogenated alkanes) is 6. The van der Waals surface area contributed by atoms with Gasteiger partial charge in [0.15, 0.2) is 22.5 Å². The largest absolute Gasteiger partial charge is 0.741 e. The number of nitrogens with zero attached hydrogens (tertiary/aromatic N) is 1. The van der Waals surface area contributed by atoms with Gasteiger partial charge in [0, 0.05) is 18.1 Å². The molecule has 0 N–H and O–H groups in total. The molecule has 24 heavy (non-hydrogen) atoms. The first-order valence-corrected chi connectivity index (χ1v) is 9.46. The van der Waals surface area contributed by atoms with E-state index in [2.05, 4.69) is 42.9 Å². The molecule has 1 aromatic rings. The quantitative estimate of drug-likeness (QED) is 0.300. The molecule has 1 aromatic heterocycles. The van der Waals surface area contributed by atoms with Gasteiger partial charge in [-0.15, -0.1) is 0 Å². The van der Waals surface area contributed by atoms with Crippen LogP contribution in [0.1, 0.15) is 57.4 Å². The lowest BCUT2D eigenvalue weighted by Crippen LogP contribution is -2.32. The average molecular weight is 369 g/mol. The lowest BCUT2D eigenvalue weighted by atomic mass is 10.1. The standard InChI is InChI=1S/C15H26N.CHF3O3S/c1-3-4-5-6-7-8-9-12-16-13-10-11-15(2)14-16;2-1(3,4)8(5,6)7/h10-11,13-14H,3-9,12H2,1-2H3;(H,5,6,7)/q+1;/p-1. The van der Waals surface area contributed by atoms with Gasteiger partial charge in [-0.05, 0) is 19.4 Å². The van der Waals surface area contributed by atoms with E-state index in [1.807, 2.05) is 0 Å². The summed E-state index contributed by atoms with van der Waals surface area (Å²) in [5, 5.41) is 0. The molecule has 0 atom stereocenters. The van der Waals surface area contributed by atoms with Crippen LogP contribution in [0.15, 0.2) is 24.5 Å². The van der Waals surface area contributed by atoms with Crippen LogP contribution in [0.25, 0.3) is 0 Å². The molecule has 140 valence electrons. The van der Waals surface area contributed by atoms with E-state index in [1.54, 1.807) is 0 Å². The molecule has 0 aliphatic heterocycles. The van der Waals surface area contributed by atoms with E-state index >= 15 is 0 Å². The van der Waals surface area contributed by atoms with Gasteiger partial charge in [-0.1, -0.05) is 39.0 Å². The Morgan fingerprint density at radius 2 is 1.58 bits per heavy atom. The van der Waals surface area contributed by atoms with Crippen LogP contribution < -0.4 is 4.57 Å². The molecule has 1 heterocycles. The SMILES string of the molecule is CCCCCCCCC[n+]1cccc(C)c1.O=S(=O)([O-])C(F)(F)F. The third-order valence-electron chi connectivity index (χ3n) is 3.31. The minimum atomic E-state index is -6.09. The maximum Gasteiger partial charge on any atom is 0.485 e. The molecule has 0 spiro atoms. The Kier molecular flexibility index (Phi) is 10.9. The molecule has 0 saturated carbocycles. The summed E-state index contributed by atoms with van der Waals surface area (Å²) in [5.74, 6) is 0. The van der Waals surface area contributed by atoms with Crippen molar-refractivity contribution in [1.29, 1.82) is 0 Å². The van der Waals surface area contributed by atoms with Crippen molar-refractivity contribution in [3.8, 4) is 0 Å². The minimum absolute atomic E-state index is 1.18. The number of aryl methyl sites for hydroxylation is 2. The fourth-order valence-electron chi connectivity index (χ4n) is 2.04. The summed E-state index contributed by atoms with van der Waals surface area (Å²) >= 11 is 0. The van der Waals surface area contributed by atoms with Gasteiger partial charge in [0.25, 0.3) is 0 Å². The fraction of sp³-hybridized carbons (Fsp3) is 0.688. The van der Waals surface area contributed by atoms with Crippen molar-refractivity contribution in [3.63, 3.8) is 0 Å². The van der Waals surface area contributed by atoms with Crippen LogP contribution in [0, 0.1) is 6.92 Å².